The average molecular weight is 489 g/mol. The van der Waals surface area contributed by atoms with Crippen LogP contribution in [0.3, 0.4) is 0 Å². The molecule has 2 aliphatic heterocycles. The molecule has 2 fully saturated rings. The van der Waals surface area contributed by atoms with E-state index in [9.17, 15) is 19.5 Å². The summed E-state index contributed by atoms with van der Waals surface area (Å²) in [6.45, 7) is 0.381. The number of carbonyl (C=O) groups excluding carboxylic acids is 3. The van der Waals surface area contributed by atoms with Gasteiger partial charge in [0.1, 0.15) is 12.8 Å². The number of amides is 4. The van der Waals surface area contributed by atoms with E-state index in [0.29, 0.717) is 31.1 Å². The number of primary amides is 1. The number of aliphatic imine (C=N–C) groups is 1. The Bertz CT molecular complexity index is 693. The Morgan fingerprint density at radius 1 is 1.24 bits per heavy atom. The molecule has 0 saturated carbocycles. The lowest BCUT2D eigenvalue weighted by Crippen LogP contribution is -2.47. The molecule has 4 amide bonds. The molecule has 2 aliphatic rings. The predicted molar refractivity (Wildman–Crippen MR) is 125 cm³/mol. The van der Waals surface area contributed by atoms with Crippen molar-refractivity contribution in [3.63, 3.8) is 0 Å². The van der Waals surface area contributed by atoms with Crippen LogP contribution in [0, 0.1) is 0 Å². The zero-order valence-electron chi connectivity index (χ0n) is 18.6. The van der Waals surface area contributed by atoms with Gasteiger partial charge < -0.3 is 43.0 Å². The van der Waals surface area contributed by atoms with Gasteiger partial charge in [0.05, 0.1) is 18.6 Å². The first-order chi connectivity index (χ1) is 15.7. The first-order valence-corrected chi connectivity index (χ1v) is 12.2. The molecule has 0 aromatic heterocycles. The third-order valence-corrected chi connectivity index (χ3v) is 6.94. The Morgan fingerprint density at radius 2 is 2.03 bits per heavy atom. The van der Waals surface area contributed by atoms with Gasteiger partial charge in [-0.15, -0.1) is 0 Å². The van der Waals surface area contributed by atoms with Gasteiger partial charge in [0.25, 0.3) is 0 Å². The van der Waals surface area contributed by atoms with E-state index in [1.165, 1.54) is 0 Å². The number of rotatable bonds is 15. The lowest BCUT2D eigenvalue weighted by atomic mass is 10.0. The highest BCUT2D eigenvalue weighted by atomic mass is 32.2. The lowest BCUT2D eigenvalue weighted by Gasteiger charge is -2.22. The van der Waals surface area contributed by atoms with Crippen molar-refractivity contribution in [2.24, 2.45) is 22.2 Å². The zero-order valence-corrected chi connectivity index (χ0v) is 19.4. The van der Waals surface area contributed by atoms with E-state index >= 15 is 0 Å². The van der Waals surface area contributed by atoms with Crippen molar-refractivity contribution < 1.29 is 24.2 Å². The van der Waals surface area contributed by atoms with Crippen molar-refractivity contribution in [3.05, 3.63) is 0 Å². The molecule has 0 radical (unpaired) electrons. The number of fused-ring (bicyclic) bond motifs is 1. The highest BCUT2D eigenvalue weighted by Crippen LogP contribution is 2.33. The molecule has 0 aromatic rings. The van der Waals surface area contributed by atoms with Crippen molar-refractivity contribution >= 4 is 35.8 Å². The van der Waals surface area contributed by atoms with E-state index in [2.05, 4.69) is 26.3 Å². The zero-order chi connectivity index (χ0) is 24.2. The van der Waals surface area contributed by atoms with Crippen LogP contribution in [0.1, 0.15) is 38.5 Å². The second-order valence-corrected chi connectivity index (χ2v) is 9.40. The summed E-state index contributed by atoms with van der Waals surface area (Å²) in [7, 11) is 0. The van der Waals surface area contributed by atoms with Crippen LogP contribution in [-0.2, 0) is 9.53 Å². The molecule has 33 heavy (non-hydrogen) atoms. The largest absolute Gasteiger partial charge is 0.448 e. The third-order valence-electron chi connectivity index (χ3n) is 5.43. The minimum Gasteiger partial charge on any atom is -0.448 e. The van der Waals surface area contributed by atoms with Crippen LogP contribution in [0.5, 0.6) is 0 Å². The van der Waals surface area contributed by atoms with Gasteiger partial charge in [-0.3, -0.25) is 15.1 Å². The van der Waals surface area contributed by atoms with Gasteiger partial charge in [0, 0.05) is 30.0 Å². The molecule has 0 aromatic carbocycles. The van der Waals surface area contributed by atoms with Gasteiger partial charge >= 0.3 is 12.1 Å². The number of hydrogen-bond acceptors (Lipinski definition) is 8. The summed E-state index contributed by atoms with van der Waals surface area (Å²) >= 11 is 1.85. The maximum Gasteiger partial charge on any atom is 0.404 e. The van der Waals surface area contributed by atoms with Crippen LogP contribution in [0.4, 0.5) is 9.59 Å². The molecule has 0 spiro atoms. The fourth-order valence-corrected chi connectivity index (χ4v) is 5.39. The smallest absolute Gasteiger partial charge is 0.404 e. The first-order valence-electron chi connectivity index (χ1n) is 11.1. The van der Waals surface area contributed by atoms with Gasteiger partial charge in [-0.1, -0.05) is 6.42 Å². The monoisotopic (exact) mass is 488 g/mol. The minimum absolute atomic E-state index is 0.0100. The summed E-state index contributed by atoms with van der Waals surface area (Å²) in [5.74, 6) is 0.754. The van der Waals surface area contributed by atoms with Crippen molar-refractivity contribution in [2.75, 3.05) is 25.4 Å². The molecule has 2 saturated heterocycles. The number of urea groups is 1. The summed E-state index contributed by atoms with van der Waals surface area (Å²) in [5.41, 5.74) is 15.6. The van der Waals surface area contributed by atoms with Crippen LogP contribution in [0.2, 0.25) is 0 Å². The Labute approximate surface area is 197 Å². The lowest BCUT2D eigenvalue weighted by molar-refractivity contribution is -0.121. The molecular weight excluding hydrogens is 452 g/mol. The number of thioether (sulfide) groups is 1. The van der Waals surface area contributed by atoms with Crippen molar-refractivity contribution in [2.45, 2.75) is 68.1 Å². The number of guanidine groups is 1. The maximum atomic E-state index is 12.1. The number of carbonyl (C=O) groups is 3. The van der Waals surface area contributed by atoms with Gasteiger partial charge in [0.2, 0.25) is 5.91 Å². The van der Waals surface area contributed by atoms with Gasteiger partial charge in [-0.2, -0.15) is 11.8 Å². The molecule has 2 rings (SSSR count). The summed E-state index contributed by atoms with van der Waals surface area (Å²) in [5, 5.41) is 22.0. The second-order valence-electron chi connectivity index (χ2n) is 8.13. The number of ether oxygens (including phenoxy) is 1. The van der Waals surface area contributed by atoms with Crippen molar-refractivity contribution in [1.82, 2.24) is 21.3 Å². The summed E-state index contributed by atoms with van der Waals surface area (Å²) < 4.78 is 4.81. The van der Waals surface area contributed by atoms with E-state index in [-0.39, 0.29) is 49.2 Å². The Hall–Kier alpha value is -2.45. The van der Waals surface area contributed by atoms with E-state index in [4.69, 9.17) is 21.9 Å². The van der Waals surface area contributed by atoms with Crippen LogP contribution in [-0.4, -0.2) is 84.2 Å². The molecule has 188 valence electrons. The van der Waals surface area contributed by atoms with Crippen LogP contribution in [0.15, 0.2) is 4.99 Å². The fourth-order valence-electron chi connectivity index (χ4n) is 3.85. The van der Waals surface area contributed by atoms with E-state index in [1.54, 1.807) is 0 Å². The summed E-state index contributed by atoms with van der Waals surface area (Å²) in [6.07, 6.45) is 2.08. The van der Waals surface area contributed by atoms with Gasteiger partial charge in [-0.25, -0.2) is 9.59 Å². The molecule has 2 heterocycles. The van der Waals surface area contributed by atoms with Crippen LogP contribution < -0.4 is 38.5 Å². The molecule has 5 atom stereocenters. The fraction of sp³-hybridized carbons (Fsp3) is 0.789. The molecule has 14 heteroatoms. The van der Waals surface area contributed by atoms with E-state index < -0.39 is 12.3 Å². The molecule has 0 aliphatic carbocycles. The minimum atomic E-state index is -1.02. The van der Waals surface area contributed by atoms with Crippen LogP contribution >= 0.6 is 11.8 Å². The second kappa shape index (κ2) is 14.0. The van der Waals surface area contributed by atoms with Crippen molar-refractivity contribution in [1.29, 1.82) is 0 Å². The Balaban J connectivity index is 1.59. The molecular formula is C19H36N8O5S. The van der Waals surface area contributed by atoms with E-state index in [0.717, 1.165) is 25.0 Å². The van der Waals surface area contributed by atoms with E-state index in [1.807, 2.05) is 11.8 Å². The van der Waals surface area contributed by atoms with Gasteiger partial charge in [-0.05, 0) is 25.7 Å². The third kappa shape index (κ3) is 10.4. The number of nitrogens with one attached hydrogen (secondary N) is 4. The average Bonchev–Trinajstić information content (AvgIpc) is 3.29. The quantitative estimate of drug-likeness (QED) is 0.0430. The van der Waals surface area contributed by atoms with Crippen LogP contribution in [0.25, 0.3) is 0 Å². The highest BCUT2D eigenvalue weighted by Gasteiger charge is 2.42. The number of aliphatic hydroxyl groups excluding tert-OH is 1. The number of hydrogen-bond donors (Lipinski definition) is 8. The number of nitrogens with zero attached hydrogens (tertiary/aromatic N) is 1. The predicted octanol–water partition coefficient (Wildman–Crippen LogP) is -1.75. The topological polar surface area (TPSA) is 219 Å². The molecule has 0 unspecified atom stereocenters. The normalized spacial score (nSPS) is 23.1. The molecule has 13 nitrogen and oxygen atoms in total. The van der Waals surface area contributed by atoms with Gasteiger partial charge in [0.15, 0.2) is 5.96 Å². The maximum absolute atomic E-state index is 12.1. The Morgan fingerprint density at radius 3 is 2.76 bits per heavy atom. The first kappa shape index (κ1) is 26.8. The van der Waals surface area contributed by atoms with Crippen molar-refractivity contribution in [3.8, 4) is 0 Å². The number of unbranched alkanes of at least 4 members (excludes halogenated alkanes) is 1. The molecule has 11 N–H and O–H groups in total. The Kier molecular flexibility index (Phi) is 11.3. The number of aliphatic hydroxyl groups is 1. The summed E-state index contributed by atoms with van der Waals surface area (Å²) in [6, 6.07) is -0.104. The molecule has 0 bridgehead atoms. The standard InChI is InChI=1S/C19H36N8O5S/c20-17(21)23-7-3-4-11(9-32-18(22)30)25-15(29)8-24-14(28)6-2-1-5-13-16-12(10-33-13)26-19(31)27-16/h11-13,15-16,25,29H,1-10H2,(H2,22,30)(H,24,28)(H4,20,21,23)(H2,26,27,31)/t11-,12-,13-,15-,16-/m0/s1. The summed E-state index contributed by atoms with van der Waals surface area (Å²) in [4.78, 5) is 38.3. The number of nitrogens with two attached hydrogens (primary N) is 3. The SMILES string of the molecule is NC(=O)OC[C@H](CCCN=C(N)N)N[C@@H](O)CNC(=O)CCCC[C@@H]1SC[C@@H]2NC(=O)N[C@@H]21. The highest BCUT2D eigenvalue weighted by molar-refractivity contribution is 8.00.